The molecule has 2 rings (SSSR count). The minimum atomic E-state index is -0.727. The van der Waals surface area contributed by atoms with Gasteiger partial charge >= 0.3 is 0 Å². The van der Waals surface area contributed by atoms with Gasteiger partial charge in [0.25, 0.3) is 0 Å². The quantitative estimate of drug-likeness (QED) is 0.890. The van der Waals surface area contributed by atoms with E-state index in [2.05, 4.69) is 15.9 Å². The lowest BCUT2D eigenvalue weighted by molar-refractivity contribution is 0.217. The van der Waals surface area contributed by atoms with Crippen LogP contribution < -0.4 is 9.47 Å². The number of hydrogen-bond donors (Lipinski definition) is 1. The second-order valence-electron chi connectivity index (χ2n) is 4.54. The first-order valence-corrected chi connectivity index (χ1v) is 7.81. The largest absolute Gasteiger partial charge is 0.496 e. The van der Waals surface area contributed by atoms with Crippen LogP contribution in [-0.2, 0) is 0 Å². The predicted octanol–water partition coefficient (Wildman–Crippen LogP) is 4.23. The van der Waals surface area contributed by atoms with Crippen molar-refractivity contribution in [1.82, 2.24) is 0 Å². The molecule has 1 N–H and O–H groups in total. The minimum Gasteiger partial charge on any atom is -0.496 e. The third-order valence-electron chi connectivity index (χ3n) is 3.29. The lowest BCUT2D eigenvalue weighted by Crippen LogP contribution is -2.05. The van der Waals surface area contributed by atoms with Crippen molar-refractivity contribution in [1.29, 1.82) is 0 Å². The highest BCUT2D eigenvalue weighted by molar-refractivity contribution is 9.10. The molecule has 0 bridgehead atoms. The summed E-state index contributed by atoms with van der Waals surface area (Å²) in [6.45, 7) is 3.93. The summed E-state index contributed by atoms with van der Waals surface area (Å²) in [5, 5.41) is 12.6. The molecule has 1 atom stereocenters. The monoisotopic (exact) mass is 356 g/mol. The van der Waals surface area contributed by atoms with Crippen LogP contribution in [0.3, 0.4) is 0 Å². The topological polar surface area (TPSA) is 38.7 Å². The molecule has 108 valence electrons. The third kappa shape index (κ3) is 2.71. The number of ether oxygens (including phenoxy) is 2. The molecule has 1 aromatic heterocycles. The Morgan fingerprint density at radius 2 is 1.90 bits per heavy atom. The van der Waals surface area contributed by atoms with Crippen molar-refractivity contribution >= 4 is 27.3 Å². The molecule has 0 spiro atoms. The van der Waals surface area contributed by atoms with E-state index >= 15 is 0 Å². The SMILES string of the molecule is COc1csc(C(O)c2c(C)c(Br)cc(C)c2OC)c1. The first kappa shape index (κ1) is 15.4. The van der Waals surface area contributed by atoms with Crippen LogP contribution in [0.4, 0.5) is 0 Å². The summed E-state index contributed by atoms with van der Waals surface area (Å²) >= 11 is 5.00. The van der Waals surface area contributed by atoms with Gasteiger partial charge in [-0.15, -0.1) is 11.3 Å². The highest BCUT2D eigenvalue weighted by atomic mass is 79.9. The van der Waals surface area contributed by atoms with Gasteiger partial charge in [-0.25, -0.2) is 0 Å². The van der Waals surface area contributed by atoms with Gasteiger partial charge in [-0.3, -0.25) is 0 Å². The molecule has 3 nitrogen and oxygen atoms in total. The Morgan fingerprint density at radius 1 is 1.20 bits per heavy atom. The Balaban J connectivity index is 2.55. The van der Waals surface area contributed by atoms with Crippen molar-refractivity contribution < 1.29 is 14.6 Å². The number of halogens is 1. The number of thiophene rings is 1. The van der Waals surface area contributed by atoms with Gasteiger partial charge in [-0.2, -0.15) is 0 Å². The van der Waals surface area contributed by atoms with Crippen molar-refractivity contribution in [3.8, 4) is 11.5 Å². The summed E-state index contributed by atoms with van der Waals surface area (Å²) in [7, 11) is 3.24. The molecule has 1 heterocycles. The van der Waals surface area contributed by atoms with Crippen LogP contribution in [0.5, 0.6) is 11.5 Å². The maximum atomic E-state index is 10.7. The Kier molecular flexibility index (Phi) is 4.73. The fourth-order valence-corrected chi connectivity index (χ4v) is 3.61. The summed E-state index contributed by atoms with van der Waals surface area (Å²) in [4.78, 5) is 0.834. The molecule has 20 heavy (non-hydrogen) atoms. The molecule has 1 aromatic carbocycles. The molecule has 0 amide bonds. The van der Waals surface area contributed by atoms with E-state index in [-0.39, 0.29) is 0 Å². The number of hydrogen-bond acceptors (Lipinski definition) is 4. The molecule has 0 aliphatic heterocycles. The van der Waals surface area contributed by atoms with Crippen LogP contribution in [0.15, 0.2) is 22.0 Å². The zero-order valence-electron chi connectivity index (χ0n) is 11.9. The number of rotatable bonds is 4. The van der Waals surface area contributed by atoms with Gasteiger partial charge < -0.3 is 14.6 Å². The molecule has 1 unspecified atom stereocenters. The van der Waals surface area contributed by atoms with Gasteiger partial charge in [0.2, 0.25) is 0 Å². The van der Waals surface area contributed by atoms with Gasteiger partial charge in [-0.05, 0) is 37.1 Å². The zero-order valence-corrected chi connectivity index (χ0v) is 14.3. The molecule has 5 heteroatoms. The Hall–Kier alpha value is -1.04. The lowest BCUT2D eigenvalue weighted by Gasteiger charge is -2.19. The fourth-order valence-electron chi connectivity index (χ4n) is 2.20. The Labute approximate surface area is 131 Å². The smallest absolute Gasteiger partial charge is 0.129 e. The van der Waals surface area contributed by atoms with Crippen LogP contribution in [0.1, 0.15) is 27.7 Å². The van der Waals surface area contributed by atoms with Crippen LogP contribution >= 0.6 is 27.3 Å². The number of aliphatic hydroxyl groups excluding tert-OH is 1. The third-order valence-corrected chi connectivity index (χ3v) is 5.07. The average Bonchev–Trinajstić information content (AvgIpc) is 2.90. The van der Waals surface area contributed by atoms with E-state index < -0.39 is 6.10 Å². The number of benzene rings is 1. The molecule has 0 aliphatic carbocycles. The van der Waals surface area contributed by atoms with Gasteiger partial charge in [0.15, 0.2) is 0 Å². The summed E-state index contributed by atoms with van der Waals surface area (Å²) in [5.74, 6) is 1.48. The number of aryl methyl sites for hydroxylation is 1. The van der Waals surface area contributed by atoms with E-state index in [1.807, 2.05) is 31.4 Å². The zero-order chi connectivity index (χ0) is 14.9. The number of methoxy groups -OCH3 is 2. The predicted molar refractivity (Wildman–Crippen MR) is 85.1 cm³/mol. The molecule has 0 saturated carbocycles. The Bertz CT molecular complexity index is 622. The molecule has 0 fully saturated rings. The standard InChI is InChI=1S/C15H17BrO3S/c1-8-5-11(16)9(2)13(15(8)19-4)14(17)12-6-10(18-3)7-20-12/h5-7,14,17H,1-4H3. The number of aliphatic hydroxyl groups is 1. The van der Waals surface area contributed by atoms with E-state index in [9.17, 15) is 5.11 Å². The maximum absolute atomic E-state index is 10.7. The highest BCUT2D eigenvalue weighted by Crippen LogP contribution is 2.41. The van der Waals surface area contributed by atoms with Crippen LogP contribution in [0.2, 0.25) is 0 Å². The van der Waals surface area contributed by atoms with E-state index in [1.54, 1.807) is 14.2 Å². The van der Waals surface area contributed by atoms with Crippen molar-refractivity contribution in [3.05, 3.63) is 43.6 Å². The summed E-state index contributed by atoms with van der Waals surface area (Å²) in [6, 6.07) is 3.85. The van der Waals surface area contributed by atoms with E-state index in [0.717, 1.165) is 37.5 Å². The average molecular weight is 357 g/mol. The fraction of sp³-hybridized carbons (Fsp3) is 0.333. The molecule has 0 saturated heterocycles. The maximum Gasteiger partial charge on any atom is 0.129 e. The summed E-state index contributed by atoms with van der Waals surface area (Å²) in [5.41, 5.74) is 2.76. The van der Waals surface area contributed by atoms with Gasteiger partial charge in [-0.1, -0.05) is 15.9 Å². The molecular formula is C15H17BrO3S. The van der Waals surface area contributed by atoms with Crippen molar-refractivity contribution in [2.24, 2.45) is 0 Å². The summed E-state index contributed by atoms with van der Waals surface area (Å²) in [6.07, 6.45) is -0.727. The van der Waals surface area contributed by atoms with Crippen molar-refractivity contribution in [3.63, 3.8) is 0 Å². The molecule has 2 aromatic rings. The summed E-state index contributed by atoms with van der Waals surface area (Å²) < 4.78 is 11.6. The van der Waals surface area contributed by atoms with Crippen LogP contribution in [0, 0.1) is 13.8 Å². The van der Waals surface area contributed by atoms with Crippen LogP contribution in [0.25, 0.3) is 0 Å². The molecule has 0 radical (unpaired) electrons. The van der Waals surface area contributed by atoms with Crippen LogP contribution in [-0.4, -0.2) is 19.3 Å². The second-order valence-corrected chi connectivity index (χ2v) is 6.34. The van der Waals surface area contributed by atoms with Crippen molar-refractivity contribution in [2.75, 3.05) is 14.2 Å². The Morgan fingerprint density at radius 3 is 2.45 bits per heavy atom. The van der Waals surface area contributed by atoms with E-state index in [0.29, 0.717) is 0 Å². The first-order valence-electron chi connectivity index (χ1n) is 6.13. The van der Waals surface area contributed by atoms with Crippen molar-refractivity contribution in [2.45, 2.75) is 20.0 Å². The minimum absolute atomic E-state index is 0.727. The lowest BCUT2D eigenvalue weighted by atomic mass is 9.98. The van der Waals surface area contributed by atoms with Gasteiger partial charge in [0, 0.05) is 20.3 Å². The van der Waals surface area contributed by atoms with E-state index in [1.165, 1.54) is 11.3 Å². The highest BCUT2D eigenvalue weighted by Gasteiger charge is 2.23. The second kappa shape index (κ2) is 6.16. The van der Waals surface area contributed by atoms with E-state index in [4.69, 9.17) is 9.47 Å². The van der Waals surface area contributed by atoms with Gasteiger partial charge in [0.1, 0.15) is 17.6 Å². The first-order chi connectivity index (χ1) is 9.49. The molecule has 0 aliphatic rings. The van der Waals surface area contributed by atoms with Gasteiger partial charge in [0.05, 0.1) is 14.2 Å². The molecular weight excluding hydrogens is 340 g/mol. The normalized spacial score (nSPS) is 12.3.